The maximum absolute atomic E-state index is 12.4. The summed E-state index contributed by atoms with van der Waals surface area (Å²) in [5, 5.41) is 12.4. The molecule has 46 heavy (non-hydrogen) atoms. The van der Waals surface area contributed by atoms with Gasteiger partial charge in [0, 0.05) is 36.3 Å². The Balaban J connectivity index is 1.47. The molecule has 9 nitrogen and oxygen atoms in total. The van der Waals surface area contributed by atoms with Crippen LogP contribution in [0.4, 0.5) is 5.69 Å². The van der Waals surface area contributed by atoms with E-state index in [1.54, 1.807) is 14.2 Å². The monoisotopic (exact) mass is 621 g/mol. The standard InChI is InChI=1S/C37H39N3O6/c1-22-16-25-12-14-38(2)29-17-23-6-9-26(10-7-23)45-34-19-24(8-11-32(34)43-4)18-31-36-27(13-15-39(31)3)30(40(41)42)21-35(44-5)37(36)46-33(22)20-28(25)29/h6-11,16,19-21,29,31H,12-15,17-18H2,1-5H3/t29-,31-/m0/s1. The van der Waals surface area contributed by atoms with Gasteiger partial charge in [-0.25, -0.2) is 0 Å². The molecule has 0 aromatic heterocycles. The minimum absolute atomic E-state index is 0.0603. The number of ether oxygens (including phenoxy) is 4. The van der Waals surface area contributed by atoms with E-state index in [4.69, 9.17) is 18.9 Å². The average molecular weight is 622 g/mol. The maximum atomic E-state index is 12.4. The SMILES string of the molecule is COc1ccc2cc1Oc1ccc(cc1)C[C@H]1c3cc(c(C)cc3CCN1C)Oc1c(OC)cc([N+](=O)[O-])c3c1[C@H](C2)N(C)CC3. The second kappa shape index (κ2) is 12.0. The Morgan fingerprint density at radius 3 is 2.24 bits per heavy atom. The van der Waals surface area contributed by atoms with Gasteiger partial charge in [-0.1, -0.05) is 24.3 Å². The minimum Gasteiger partial charge on any atom is -0.493 e. The number of hydrogen-bond acceptors (Lipinski definition) is 8. The van der Waals surface area contributed by atoms with Gasteiger partial charge < -0.3 is 18.9 Å². The van der Waals surface area contributed by atoms with Crippen LogP contribution in [0.15, 0.2) is 60.7 Å². The number of aryl methyl sites for hydroxylation is 1. The summed E-state index contributed by atoms with van der Waals surface area (Å²) in [7, 11) is 7.41. The van der Waals surface area contributed by atoms with Crippen molar-refractivity contribution < 1.29 is 23.9 Å². The molecule has 4 heterocycles. The van der Waals surface area contributed by atoms with Gasteiger partial charge in [0.25, 0.3) is 5.69 Å². The third-order valence-electron chi connectivity index (χ3n) is 9.88. The topological polar surface area (TPSA) is 86.5 Å². The van der Waals surface area contributed by atoms with Crippen molar-refractivity contribution in [2.45, 2.75) is 44.7 Å². The highest BCUT2D eigenvalue weighted by atomic mass is 16.6. The summed E-state index contributed by atoms with van der Waals surface area (Å²) >= 11 is 0. The highest BCUT2D eigenvalue weighted by molar-refractivity contribution is 5.64. The molecule has 238 valence electrons. The Bertz CT molecular complexity index is 1820. The van der Waals surface area contributed by atoms with E-state index in [0.29, 0.717) is 47.9 Å². The number of benzene rings is 4. The van der Waals surface area contributed by atoms with Gasteiger partial charge >= 0.3 is 0 Å². The Hall–Kier alpha value is -4.60. The van der Waals surface area contributed by atoms with Crippen molar-refractivity contribution >= 4 is 5.69 Å². The number of likely N-dealkylation sites (N-methyl/N-ethyl adjacent to an activating group) is 2. The zero-order valence-electron chi connectivity index (χ0n) is 27.0. The fraction of sp³-hybridized carbons (Fsp3) is 0.351. The lowest BCUT2D eigenvalue weighted by molar-refractivity contribution is -0.385. The Morgan fingerprint density at radius 2 is 1.50 bits per heavy atom. The van der Waals surface area contributed by atoms with E-state index < -0.39 is 0 Å². The third kappa shape index (κ3) is 5.33. The van der Waals surface area contributed by atoms with Crippen molar-refractivity contribution in [3.8, 4) is 34.5 Å². The smallest absolute Gasteiger partial charge is 0.276 e. The lowest BCUT2D eigenvalue weighted by Crippen LogP contribution is -2.34. The first-order valence-corrected chi connectivity index (χ1v) is 15.8. The molecule has 0 spiro atoms. The van der Waals surface area contributed by atoms with Crippen LogP contribution in [0.5, 0.6) is 34.5 Å². The first-order chi connectivity index (χ1) is 22.2. The fourth-order valence-electron chi connectivity index (χ4n) is 7.30. The van der Waals surface area contributed by atoms with Gasteiger partial charge in [0.2, 0.25) is 0 Å². The van der Waals surface area contributed by atoms with Gasteiger partial charge in [0.1, 0.15) is 11.5 Å². The molecule has 2 atom stereocenters. The molecular weight excluding hydrogens is 582 g/mol. The number of nitrogens with zero attached hydrogens (tertiary/aromatic N) is 3. The highest BCUT2D eigenvalue weighted by Gasteiger charge is 2.37. The Morgan fingerprint density at radius 1 is 0.804 bits per heavy atom. The second-order valence-electron chi connectivity index (χ2n) is 12.6. The number of nitro benzene ring substituents is 1. The predicted molar refractivity (Wildman–Crippen MR) is 176 cm³/mol. The van der Waals surface area contributed by atoms with Gasteiger partial charge in [-0.2, -0.15) is 0 Å². The highest BCUT2D eigenvalue weighted by Crippen LogP contribution is 2.50. The molecule has 0 aliphatic carbocycles. The molecule has 4 aliphatic heterocycles. The lowest BCUT2D eigenvalue weighted by Gasteiger charge is -2.37. The molecule has 0 amide bonds. The summed E-state index contributed by atoms with van der Waals surface area (Å²) < 4.78 is 24.8. The third-order valence-corrected chi connectivity index (χ3v) is 9.88. The summed E-state index contributed by atoms with van der Waals surface area (Å²) in [5.74, 6) is 3.59. The molecule has 0 unspecified atom stereocenters. The van der Waals surface area contributed by atoms with Crippen LogP contribution in [0, 0.1) is 17.0 Å². The van der Waals surface area contributed by atoms with E-state index in [9.17, 15) is 10.1 Å². The van der Waals surface area contributed by atoms with Crippen molar-refractivity contribution in [2.24, 2.45) is 0 Å². The van der Waals surface area contributed by atoms with Crippen molar-refractivity contribution in [1.29, 1.82) is 0 Å². The van der Waals surface area contributed by atoms with Gasteiger partial charge in [-0.15, -0.1) is 0 Å². The molecule has 0 radical (unpaired) electrons. The summed E-state index contributed by atoms with van der Waals surface area (Å²) in [6, 6.07) is 20.1. The number of hydrogen-bond donors (Lipinski definition) is 0. The first-order valence-electron chi connectivity index (χ1n) is 15.8. The van der Waals surface area contributed by atoms with Gasteiger partial charge in [-0.3, -0.25) is 19.9 Å². The molecule has 8 rings (SSSR count). The molecule has 9 heteroatoms. The summed E-state index contributed by atoms with van der Waals surface area (Å²) in [6.07, 6.45) is 2.88. The molecule has 4 aromatic rings. The predicted octanol–water partition coefficient (Wildman–Crippen LogP) is 7.36. The number of fused-ring (bicyclic) bond motifs is 2. The normalized spacial score (nSPS) is 19.2. The summed E-state index contributed by atoms with van der Waals surface area (Å²) in [6.45, 7) is 3.70. The van der Waals surface area contributed by atoms with E-state index in [1.165, 1.54) is 22.8 Å². The van der Waals surface area contributed by atoms with Crippen LogP contribution in [-0.2, 0) is 25.7 Å². The zero-order valence-corrected chi connectivity index (χ0v) is 27.0. The van der Waals surface area contributed by atoms with Gasteiger partial charge in [0.15, 0.2) is 23.0 Å². The molecule has 0 N–H and O–H groups in total. The van der Waals surface area contributed by atoms with Gasteiger partial charge in [-0.05, 0) is 105 Å². The number of rotatable bonds is 3. The Kier molecular flexibility index (Phi) is 7.82. The molecular formula is C37H39N3O6. The fourth-order valence-corrected chi connectivity index (χ4v) is 7.30. The van der Waals surface area contributed by atoms with Crippen LogP contribution in [0.3, 0.4) is 0 Å². The van der Waals surface area contributed by atoms with Crippen LogP contribution in [-0.4, -0.2) is 56.1 Å². The lowest BCUT2D eigenvalue weighted by atomic mass is 9.86. The maximum Gasteiger partial charge on any atom is 0.276 e. The molecule has 0 saturated carbocycles. The zero-order chi connectivity index (χ0) is 32.1. The van der Waals surface area contributed by atoms with Crippen molar-refractivity contribution in [1.82, 2.24) is 9.80 Å². The van der Waals surface area contributed by atoms with Crippen molar-refractivity contribution in [2.75, 3.05) is 41.4 Å². The quantitative estimate of drug-likeness (QED) is 0.173. The largest absolute Gasteiger partial charge is 0.493 e. The molecule has 0 fully saturated rings. The summed E-state index contributed by atoms with van der Waals surface area (Å²) in [5.41, 5.74) is 7.33. The van der Waals surface area contributed by atoms with E-state index in [2.05, 4.69) is 55.1 Å². The van der Waals surface area contributed by atoms with E-state index in [-0.39, 0.29) is 22.7 Å². The Labute approximate surface area is 269 Å². The molecule has 4 aliphatic rings. The molecule has 0 saturated heterocycles. The van der Waals surface area contributed by atoms with E-state index in [1.807, 2.05) is 30.3 Å². The van der Waals surface area contributed by atoms with E-state index >= 15 is 0 Å². The average Bonchev–Trinajstić information content (AvgIpc) is 3.04. The summed E-state index contributed by atoms with van der Waals surface area (Å²) in [4.78, 5) is 16.7. The van der Waals surface area contributed by atoms with Crippen LogP contribution in [0.25, 0.3) is 0 Å². The van der Waals surface area contributed by atoms with Crippen LogP contribution < -0.4 is 18.9 Å². The first kappa shape index (κ1) is 30.1. The second-order valence-corrected chi connectivity index (χ2v) is 12.6. The van der Waals surface area contributed by atoms with Crippen molar-refractivity contribution in [3.05, 3.63) is 110 Å². The van der Waals surface area contributed by atoms with Crippen LogP contribution in [0.1, 0.15) is 51.0 Å². The van der Waals surface area contributed by atoms with Crippen LogP contribution in [0.2, 0.25) is 0 Å². The van der Waals surface area contributed by atoms with Crippen molar-refractivity contribution in [3.63, 3.8) is 0 Å². The molecule has 4 aromatic carbocycles. The minimum atomic E-state index is -0.305. The van der Waals surface area contributed by atoms with Crippen LogP contribution >= 0.6 is 0 Å². The number of nitro groups is 1. The number of methoxy groups -OCH3 is 2. The van der Waals surface area contributed by atoms with Gasteiger partial charge in [0.05, 0.1) is 25.2 Å². The molecule has 6 bridgehead atoms. The van der Waals surface area contributed by atoms with E-state index in [0.717, 1.165) is 47.6 Å².